The number of aliphatic hydroxyl groups excluding tert-OH is 1. The van der Waals surface area contributed by atoms with E-state index < -0.39 is 0 Å². The van der Waals surface area contributed by atoms with Crippen LogP contribution in [0.5, 0.6) is 0 Å². The maximum absolute atomic E-state index is 8.67. The minimum atomic E-state index is 0.175. The summed E-state index contributed by atoms with van der Waals surface area (Å²) in [5.74, 6) is 0.962. The summed E-state index contributed by atoms with van der Waals surface area (Å²) in [6.07, 6.45) is 3.51. The molecule has 0 spiro atoms. The molecule has 0 unspecified atom stereocenters. The van der Waals surface area contributed by atoms with Gasteiger partial charge in [0, 0.05) is 25.4 Å². The standard InChI is InChI=1S/C8H14N2O/c1-3-7-6-9-8(4-5-11)10(7)2/h6,11H,3-5H2,1-2H3. The van der Waals surface area contributed by atoms with Gasteiger partial charge in [-0.1, -0.05) is 6.92 Å². The lowest BCUT2D eigenvalue weighted by atomic mass is 10.3. The Balaban J connectivity index is 2.82. The summed E-state index contributed by atoms with van der Waals surface area (Å²) in [4.78, 5) is 4.18. The van der Waals surface area contributed by atoms with Gasteiger partial charge in [0.05, 0.1) is 6.61 Å². The van der Waals surface area contributed by atoms with E-state index in [0.29, 0.717) is 6.42 Å². The third kappa shape index (κ3) is 1.60. The molecule has 0 atom stereocenters. The van der Waals surface area contributed by atoms with Gasteiger partial charge in [-0.15, -0.1) is 0 Å². The lowest BCUT2D eigenvalue weighted by Gasteiger charge is -2.01. The van der Waals surface area contributed by atoms with Crippen molar-refractivity contribution in [2.75, 3.05) is 6.61 Å². The van der Waals surface area contributed by atoms with Gasteiger partial charge in [-0.25, -0.2) is 4.98 Å². The first-order valence-electron chi connectivity index (χ1n) is 3.90. The number of hydrogen-bond acceptors (Lipinski definition) is 2. The maximum Gasteiger partial charge on any atom is 0.110 e. The average molecular weight is 154 g/mol. The molecule has 0 bridgehead atoms. The molecule has 1 aromatic heterocycles. The second-order valence-corrected chi connectivity index (χ2v) is 2.55. The van der Waals surface area contributed by atoms with Gasteiger partial charge in [0.15, 0.2) is 0 Å². The van der Waals surface area contributed by atoms with E-state index in [2.05, 4.69) is 11.9 Å². The van der Waals surface area contributed by atoms with Crippen molar-refractivity contribution in [3.05, 3.63) is 17.7 Å². The van der Waals surface area contributed by atoms with Crippen LogP contribution in [0.3, 0.4) is 0 Å². The van der Waals surface area contributed by atoms with Crippen molar-refractivity contribution in [3.63, 3.8) is 0 Å². The van der Waals surface area contributed by atoms with E-state index in [1.165, 1.54) is 5.69 Å². The fourth-order valence-electron chi connectivity index (χ4n) is 1.15. The van der Waals surface area contributed by atoms with Crippen LogP contribution in [-0.4, -0.2) is 21.3 Å². The molecule has 0 aromatic carbocycles. The van der Waals surface area contributed by atoms with Crippen molar-refractivity contribution < 1.29 is 5.11 Å². The second-order valence-electron chi connectivity index (χ2n) is 2.55. The van der Waals surface area contributed by atoms with Crippen LogP contribution in [0.4, 0.5) is 0 Å². The Kier molecular flexibility index (Phi) is 2.65. The zero-order valence-electron chi connectivity index (χ0n) is 7.04. The summed E-state index contributed by atoms with van der Waals surface area (Å²) >= 11 is 0. The Morgan fingerprint density at radius 2 is 2.36 bits per heavy atom. The molecule has 0 amide bonds. The summed E-state index contributed by atoms with van der Waals surface area (Å²) in [5.41, 5.74) is 1.22. The molecule has 0 saturated carbocycles. The van der Waals surface area contributed by atoms with Crippen LogP contribution in [0.15, 0.2) is 6.20 Å². The molecule has 0 aliphatic carbocycles. The first-order valence-corrected chi connectivity index (χ1v) is 3.90. The monoisotopic (exact) mass is 154 g/mol. The largest absolute Gasteiger partial charge is 0.396 e. The summed E-state index contributed by atoms with van der Waals surface area (Å²) in [7, 11) is 1.98. The molecule has 0 fully saturated rings. The van der Waals surface area contributed by atoms with Crippen LogP contribution in [0.25, 0.3) is 0 Å². The van der Waals surface area contributed by atoms with Crippen molar-refractivity contribution in [1.29, 1.82) is 0 Å². The van der Waals surface area contributed by atoms with E-state index >= 15 is 0 Å². The van der Waals surface area contributed by atoms with Gasteiger partial charge < -0.3 is 9.67 Å². The average Bonchev–Trinajstić information content (AvgIpc) is 2.34. The zero-order chi connectivity index (χ0) is 8.27. The van der Waals surface area contributed by atoms with Gasteiger partial charge >= 0.3 is 0 Å². The molecule has 0 saturated heterocycles. The van der Waals surface area contributed by atoms with E-state index in [4.69, 9.17) is 5.11 Å². The number of nitrogens with zero attached hydrogens (tertiary/aromatic N) is 2. The van der Waals surface area contributed by atoms with Gasteiger partial charge in [-0.2, -0.15) is 0 Å². The Hall–Kier alpha value is -0.830. The molecule has 1 N–H and O–H groups in total. The SMILES string of the molecule is CCc1cnc(CCO)n1C. The summed E-state index contributed by atoms with van der Waals surface area (Å²) < 4.78 is 2.04. The van der Waals surface area contributed by atoms with Crippen molar-refractivity contribution in [3.8, 4) is 0 Å². The minimum absolute atomic E-state index is 0.175. The number of rotatable bonds is 3. The Morgan fingerprint density at radius 1 is 1.64 bits per heavy atom. The topological polar surface area (TPSA) is 38.1 Å². The Bertz CT molecular complexity index is 230. The van der Waals surface area contributed by atoms with E-state index in [-0.39, 0.29) is 6.61 Å². The van der Waals surface area contributed by atoms with Gasteiger partial charge in [0.2, 0.25) is 0 Å². The third-order valence-electron chi connectivity index (χ3n) is 1.88. The smallest absolute Gasteiger partial charge is 0.110 e. The van der Waals surface area contributed by atoms with Crippen LogP contribution in [0, 0.1) is 0 Å². The highest BCUT2D eigenvalue weighted by Gasteiger charge is 2.02. The van der Waals surface area contributed by atoms with Gasteiger partial charge in [-0.05, 0) is 6.42 Å². The van der Waals surface area contributed by atoms with Gasteiger partial charge in [-0.3, -0.25) is 0 Å². The van der Waals surface area contributed by atoms with Crippen LogP contribution < -0.4 is 0 Å². The highest BCUT2D eigenvalue weighted by atomic mass is 16.3. The zero-order valence-corrected chi connectivity index (χ0v) is 7.04. The second kappa shape index (κ2) is 3.53. The fraction of sp³-hybridized carbons (Fsp3) is 0.625. The van der Waals surface area contributed by atoms with Crippen molar-refractivity contribution in [2.24, 2.45) is 7.05 Å². The summed E-state index contributed by atoms with van der Waals surface area (Å²) in [5, 5.41) is 8.67. The maximum atomic E-state index is 8.67. The van der Waals surface area contributed by atoms with Crippen LogP contribution >= 0.6 is 0 Å². The molecular formula is C8H14N2O. The van der Waals surface area contributed by atoms with Crippen molar-refractivity contribution >= 4 is 0 Å². The molecule has 0 aliphatic rings. The molecule has 1 rings (SSSR count). The first-order chi connectivity index (χ1) is 5.29. The van der Waals surface area contributed by atoms with Crippen LogP contribution in [-0.2, 0) is 19.9 Å². The van der Waals surface area contributed by atoms with E-state index in [0.717, 1.165) is 12.2 Å². The normalized spacial score (nSPS) is 10.5. The predicted molar refractivity (Wildman–Crippen MR) is 43.4 cm³/mol. The number of aliphatic hydroxyl groups is 1. The molecule has 62 valence electrons. The molecular weight excluding hydrogens is 140 g/mol. The molecule has 3 nitrogen and oxygen atoms in total. The van der Waals surface area contributed by atoms with Crippen molar-refractivity contribution in [2.45, 2.75) is 19.8 Å². The third-order valence-corrected chi connectivity index (χ3v) is 1.88. The summed E-state index contributed by atoms with van der Waals surface area (Å²) in [6, 6.07) is 0. The molecule has 1 heterocycles. The molecule has 1 aromatic rings. The number of hydrogen-bond donors (Lipinski definition) is 1. The molecule has 11 heavy (non-hydrogen) atoms. The van der Waals surface area contributed by atoms with E-state index in [1.807, 2.05) is 17.8 Å². The number of aryl methyl sites for hydroxylation is 1. The minimum Gasteiger partial charge on any atom is -0.396 e. The van der Waals surface area contributed by atoms with E-state index in [9.17, 15) is 0 Å². The molecule has 3 heteroatoms. The highest BCUT2D eigenvalue weighted by molar-refractivity contribution is 5.04. The Labute approximate surface area is 66.7 Å². The highest BCUT2D eigenvalue weighted by Crippen LogP contribution is 2.03. The van der Waals surface area contributed by atoms with Gasteiger partial charge in [0.25, 0.3) is 0 Å². The lowest BCUT2D eigenvalue weighted by molar-refractivity contribution is 0.295. The number of aromatic nitrogens is 2. The van der Waals surface area contributed by atoms with Crippen LogP contribution in [0.1, 0.15) is 18.4 Å². The lowest BCUT2D eigenvalue weighted by Crippen LogP contribution is -2.03. The molecule has 0 aliphatic heterocycles. The van der Waals surface area contributed by atoms with Gasteiger partial charge in [0.1, 0.15) is 5.82 Å². The van der Waals surface area contributed by atoms with Crippen molar-refractivity contribution in [1.82, 2.24) is 9.55 Å². The van der Waals surface area contributed by atoms with Crippen LogP contribution in [0.2, 0.25) is 0 Å². The first kappa shape index (κ1) is 8.27. The molecule has 0 radical (unpaired) electrons. The fourth-order valence-corrected chi connectivity index (χ4v) is 1.15. The Morgan fingerprint density at radius 3 is 2.82 bits per heavy atom. The summed E-state index contributed by atoms with van der Waals surface area (Å²) in [6.45, 7) is 2.27. The van der Waals surface area contributed by atoms with E-state index in [1.54, 1.807) is 0 Å². The number of imidazole rings is 1. The quantitative estimate of drug-likeness (QED) is 0.689. The predicted octanol–water partition coefficient (Wildman–Crippen LogP) is 0.517.